The fraction of sp³-hybridized carbons (Fsp3) is 0.875. The lowest BCUT2D eigenvalue weighted by Gasteiger charge is -2.37. The minimum atomic E-state index is -0.455. The van der Waals surface area contributed by atoms with Crippen LogP contribution in [-0.2, 0) is 9.53 Å². The van der Waals surface area contributed by atoms with E-state index in [0.717, 1.165) is 32.1 Å². The van der Waals surface area contributed by atoms with Crippen LogP contribution in [0.5, 0.6) is 0 Å². The second-order valence-electron chi connectivity index (χ2n) is 7.20. The van der Waals surface area contributed by atoms with E-state index in [1.807, 2.05) is 39.5 Å². The van der Waals surface area contributed by atoms with Crippen LogP contribution in [0.15, 0.2) is 0 Å². The van der Waals surface area contributed by atoms with Gasteiger partial charge in [-0.25, -0.2) is 4.79 Å². The molecule has 0 saturated heterocycles. The minimum Gasteiger partial charge on any atom is -0.444 e. The molecule has 5 heteroatoms. The van der Waals surface area contributed by atoms with E-state index in [9.17, 15) is 9.59 Å². The van der Waals surface area contributed by atoms with Gasteiger partial charge in [0.2, 0.25) is 6.41 Å². The zero-order chi connectivity index (χ0) is 16.0. The molecular weight excluding hydrogens is 268 g/mol. The number of carbonyl (C=O) groups is 2. The van der Waals surface area contributed by atoms with Gasteiger partial charge in [0.1, 0.15) is 5.60 Å². The van der Waals surface area contributed by atoms with Crippen LogP contribution in [0.1, 0.15) is 60.3 Å². The molecule has 5 nitrogen and oxygen atoms in total. The molecule has 0 radical (unpaired) electrons. The number of hydrogen-bond acceptors (Lipinski definition) is 3. The van der Waals surface area contributed by atoms with E-state index < -0.39 is 5.60 Å². The number of nitrogens with one attached hydrogen (secondary N) is 1. The number of carbonyl (C=O) groups excluding carboxylic acids is 2. The topological polar surface area (TPSA) is 58.6 Å². The first-order chi connectivity index (χ1) is 9.73. The Morgan fingerprint density at radius 3 is 2.29 bits per heavy atom. The summed E-state index contributed by atoms with van der Waals surface area (Å²) in [5, 5.41) is 2.85. The van der Waals surface area contributed by atoms with Crippen LogP contribution in [0.25, 0.3) is 0 Å². The van der Waals surface area contributed by atoms with Crippen molar-refractivity contribution in [3.05, 3.63) is 0 Å². The van der Waals surface area contributed by atoms with Crippen LogP contribution >= 0.6 is 0 Å². The highest BCUT2D eigenvalue weighted by atomic mass is 16.6. The van der Waals surface area contributed by atoms with Gasteiger partial charge in [0.05, 0.1) is 0 Å². The van der Waals surface area contributed by atoms with Crippen molar-refractivity contribution in [3.63, 3.8) is 0 Å². The normalized spacial score (nSPS) is 22.8. The molecule has 0 atom stereocenters. The molecule has 1 aliphatic rings. The predicted octanol–water partition coefficient (Wildman–Crippen LogP) is 2.94. The predicted molar refractivity (Wildman–Crippen MR) is 83.0 cm³/mol. The Morgan fingerprint density at radius 1 is 1.29 bits per heavy atom. The average molecular weight is 298 g/mol. The van der Waals surface area contributed by atoms with Gasteiger partial charge in [-0.05, 0) is 66.2 Å². The summed E-state index contributed by atoms with van der Waals surface area (Å²) in [5.41, 5.74) is -0.455. The van der Waals surface area contributed by atoms with Crippen molar-refractivity contribution < 1.29 is 14.3 Å². The maximum Gasteiger partial charge on any atom is 0.407 e. The van der Waals surface area contributed by atoms with Crippen molar-refractivity contribution in [2.75, 3.05) is 6.54 Å². The molecule has 1 N–H and O–H groups in total. The fourth-order valence-corrected chi connectivity index (χ4v) is 2.82. The molecule has 0 bridgehead atoms. The van der Waals surface area contributed by atoms with Gasteiger partial charge in [-0.3, -0.25) is 4.79 Å². The molecule has 1 rings (SSSR count). The molecule has 0 spiro atoms. The molecule has 1 aliphatic carbocycles. The largest absolute Gasteiger partial charge is 0.444 e. The third-order valence-corrected chi connectivity index (χ3v) is 3.89. The summed E-state index contributed by atoms with van der Waals surface area (Å²) < 4.78 is 5.23. The molecule has 0 unspecified atom stereocenters. The highest BCUT2D eigenvalue weighted by Crippen LogP contribution is 2.27. The summed E-state index contributed by atoms with van der Waals surface area (Å²) in [7, 11) is 0. The van der Waals surface area contributed by atoms with Crippen LogP contribution in [0, 0.1) is 5.92 Å². The SMILES string of the molecule is CC(C)N(C=O)C1CCC(CNC(=O)OC(C)(C)C)CC1. The third kappa shape index (κ3) is 6.36. The van der Waals surface area contributed by atoms with Gasteiger partial charge in [0, 0.05) is 18.6 Å². The molecule has 0 aromatic rings. The van der Waals surface area contributed by atoms with Gasteiger partial charge in [-0.2, -0.15) is 0 Å². The first-order valence-electron chi connectivity index (χ1n) is 7.92. The zero-order valence-corrected chi connectivity index (χ0v) is 14.0. The lowest BCUT2D eigenvalue weighted by molar-refractivity contribution is -0.122. The van der Waals surface area contributed by atoms with E-state index in [4.69, 9.17) is 4.74 Å². The first-order valence-corrected chi connectivity index (χ1v) is 7.92. The molecule has 0 aromatic carbocycles. The summed E-state index contributed by atoms with van der Waals surface area (Å²) in [6, 6.07) is 0.601. The van der Waals surface area contributed by atoms with Crippen LogP contribution in [-0.4, -0.2) is 41.6 Å². The lowest BCUT2D eigenvalue weighted by atomic mass is 9.85. The van der Waals surface area contributed by atoms with Gasteiger partial charge in [0.15, 0.2) is 0 Å². The Labute approximate surface area is 128 Å². The fourth-order valence-electron chi connectivity index (χ4n) is 2.82. The van der Waals surface area contributed by atoms with E-state index in [0.29, 0.717) is 18.5 Å². The monoisotopic (exact) mass is 298 g/mol. The molecule has 0 aromatic heterocycles. The number of ether oxygens (including phenoxy) is 1. The number of alkyl carbamates (subject to hydrolysis) is 1. The van der Waals surface area contributed by atoms with E-state index in [1.54, 1.807) is 0 Å². The van der Waals surface area contributed by atoms with Crippen molar-refractivity contribution in [2.45, 2.75) is 78.0 Å². The third-order valence-electron chi connectivity index (χ3n) is 3.89. The zero-order valence-electron chi connectivity index (χ0n) is 14.0. The quantitative estimate of drug-likeness (QED) is 0.794. The second-order valence-corrected chi connectivity index (χ2v) is 7.20. The molecule has 2 amide bonds. The van der Waals surface area contributed by atoms with E-state index in [1.165, 1.54) is 0 Å². The smallest absolute Gasteiger partial charge is 0.407 e. The minimum absolute atomic E-state index is 0.254. The Hall–Kier alpha value is -1.26. The van der Waals surface area contributed by atoms with Gasteiger partial charge in [-0.15, -0.1) is 0 Å². The van der Waals surface area contributed by atoms with Gasteiger partial charge >= 0.3 is 6.09 Å². The van der Waals surface area contributed by atoms with E-state index in [2.05, 4.69) is 5.32 Å². The Balaban J connectivity index is 2.30. The Kier molecular flexibility index (Phi) is 6.49. The Bertz CT molecular complexity index is 342. The maximum absolute atomic E-state index is 11.6. The summed E-state index contributed by atoms with van der Waals surface area (Å²) in [6.45, 7) is 10.3. The molecule has 122 valence electrons. The van der Waals surface area contributed by atoms with Crippen LogP contribution < -0.4 is 5.32 Å². The van der Waals surface area contributed by atoms with Crippen molar-refractivity contribution in [3.8, 4) is 0 Å². The van der Waals surface area contributed by atoms with Crippen molar-refractivity contribution >= 4 is 12.5 Å². The number of amides is 2. The number of hydrogen-bond donors (Lipinski definition) is 1. The van der Waals surface area contributed by atoms with Crippen LogP contribution in [0.3, 0.4) is 0 Å². The number of nitrogens with zero attached hydrogens (tertiary/aromatic N) is 1. The van der Waals surface area contributed by atoms with Crippen molar-refractivity contribution in [1.29, 1.82) is 0 Å². The molecule has 1 fully saturated rings. The first kappa shape index (κ1) is 17.8. The van der Waals surface area contributed by atoms with Gasteiger partial charge in [-0.1, -0.05) is 0 Å². The summed E-state index contributed by atoms with van der Waals surface area (Å²) >= 11 is 0. The summed E-state index contributed by atoms with van der Waals surface area (Å²) in [5.74, 6) is 0.481. The molecule has 0 aliphatic heterocycles. The second kappa shape index (κ2) is 7.66. The van der Waals surface area contributed by atoms with Gasteiger partial charge < -0.3 is 15.0 Å². The van der Waals surface area contributed by atoms with Crippen LogP contribution in [0.4, 0.5) is 4.79 Å². The maximum atomic E-state index is 11.6. The van der Waals surface area contributed by atoms with Gasteiger partial charge in [0.25, 0.3) is 0 Å². The lowest BCUT2D eigenvalue weighted by Crippen LogP contribution is -2.43. The number of rotatable bonds is 5. The van der Waals surface area contributed by atoms with Crippen LogP contribution in [0.2, 0.25) is 0 Å². The average Bonchev–Trinajstić information content (AvgIpc) is 2.36. The van der Waals surface area contributed by atoms with E-state index >= 15 is 0 Å². The van der Waals surface area contributed by atoms with Crippen molar-refractivity contribution in [1.82, 2.24) is 10.2 Å². The molecule has 21 heavy (non-hydrogen) atoms. The van der Waals surface area contributed by atoms with Crippen molar-refractivity contribution in [2.24, 2.45) is 5.92 Å². The van der Waals surface area contributed by atoms with E-state index in [-0.39, 0.29) is 12.1 Å². The molecule has 1 saturated carbocycles. The summed E-state index contributed by atoms with van der Waals surface area (Å²) in [6.07, 6.45) is 4.72. The molecular formula is C16H30N2O3. The highest BCUT2D eigenvalue weighted by Gasteiger charge is 2.27. The summed E-state index contributed by atoms with van der Waals surface area (Å²) in [4.78, 5) is 24.7. The molecule has 0 heterocycles. The highest BCUT2D eigenvalue weighted by molar-refractivity contribution is 5.67. The Morgan fingerprint density at radius 2 is 1.86 bits per heavy atom. The standard InChI is InChI=1S/C16H30N2O3/c1-12(2)18(11-19)14-8-6-13(7-9-14)10-17-15(20)21-16(3,4)5/h11-14H,6-10H2,1-5H3,(H,17,20).